The zero-order valence-corrected chi connectivity index (χ0v) is 16.2. The van der Waals surface area contributed by atoms with Crippen LogP contribution in [0.2, 0.25) is 0 Å². The molecule has 0 aliphatic carbocycles. The minimum absolute atomic E-state index is 0.149. The van der Waals surface area contributed by atoms with E-state index in [0.29, 0.717) is 17.4 Å². The third-order valence-corrected chi connectivity index (χ3v) is 5.41. The monoisotopic (exact) mass is 395 g/mol. The summed E-state index contributed by atoms with van der Waals surface area (Å²) in [4.78, 5) is 24.0. The van der Waals surface area contributed by atoms with Crippen LogP contribution < -0.4 is 11.1 Å². The fourth-order valence-electron chi connectivity index (χ4n) is 2.64. The van der Waals surface area contributed by atoms with Crippen molar-refractivity contribution >= 4 is 29.3 Å². The van der Waals surface area contributed by atoms with Crippen molar-refractivity contribution in [3.63, 3.8) is 0 Å². The van der Waals surface area contributed by atoms with Crippen LogP contribution in [0.4, 0.5) is 5.69 Å². The molecular weight excluding hydrogens is 374 g/mol. The molecule has 2 aromatic carbocycles. The predicted molar refractivity (Wildman–Crippen MR) is 109 cm³/mol. The van der Waals surface area contributed by atoms with Gasteiger partial charge in [-0.05, 0) is 17.7 Å². The number of nitrogens with zero attached hydrogens (tertiary/aromatic N) is 3. The van der Waals surface area contributed by atoms with Crippen LogP contribution in [0.3, 0.4) is 0 Å². The molecule has 0 aliphatic heterocycles. The van der Waals surface area contributed by atoms with Gasteiger partial charge in [-0.1, -0.05) is 60.3 Å². The molecule has 2 amide bonds. The molecule has 0 saturated carbocycles. The Balaban J connectivity index is 1.82. The highest BCUT2D eigenvalue weighted by atomic mass is 32.2. The average Bonchev–Trinajstić information content (AvgIpc) is 3.05. The van der Waals surface area contributed by atoms with E-state index in [2.05, 4.69) is 15.5 Å². The van der Waals surface area contributed by atoms with Crippen LogP contribution in [0.25, 0.3) is 0 Å². The first-order valence-electron chi connectivity index (χ1n) is 8.78. The fraction of sp³-hybridized carbons (Fsp3) is 0.200. The number of aryl methyl sites for hydroxylation is 1. The predicted octanol–water partition coefficient (Wildman–Crippen LogP) is 2.71. The number of thioether (sulfide) groups is 1. The second-order valence-corrected chi connectivity index (χ2v) is 7.26. The van der Waals surface area contributed by atoms with E-state index in [9.17, 15) is 9.59 Å². The Kier molecular flexibility index (Phi) is 6.44. The number of rotatable bonds is 8. The summed E-state index contributed by atoms with van der Waals surface area (Å²) in [6.45, 7) is 0. The number of benzene rings is 2. The number of amides is 2. The summed E-state index contributed by atoms with van der Waals surface area (Å²) in [5.74, 6) is 0.113. The summed E-state index contributed by atoms with van der Waals surface area (Å²) < 4.78 is 1.79. The van der Waals surface area contributed by atoms with Gasteiger partial charge in [0.1, 0.15) is 11.1 Å². The second kappa shape index (κ2) is 9.18. The van der Waals surface area contributed by atoms with Crippen LogP contribution in [0.15, 0.2) is 65.8 Å². The Morgan fingerprint density at radius 3 is 2.36 bits per heavy atom. The van der Waals surface area contributed by atoms with Crippen LogP contribution >= 0.6 is 11.8 Å². The number of nitrogens with two attached hydrogens (primary N) is 1. The summed E-state index contributed by atoms with van der Waals surface area (Å²) in [6, 6.07) is 18.8. The molecular formula is C20H21N5O2S. The van der Waals surface area contributed by atoms with Gasteiger partial charge < -0.3 is 15.6 Å². The van der Waals surface area contributed by atoms with Gasteiger partial charge in [0, 0.05) is 25.6 Å². The van der Waals surface area contributed by atoms with Gasteiger partial charge in [0.25, 0.3) is 0 Å². The molecule has 3 N–H and O–H groups in total. The molecule has 1 aromatic heterocycles. The van der Waals surface area contributed by atoms with Crippen LogP contribution in [0.5, 0.6) is 0 Å². The van der Waals surface area contributed by atoms with E-state index in [1.54, 1.807) is 4.57 Å². The lowest BCUT2D eigenvalue weighted by molar-refractivity contribution is -0.118. The first-order valence-corrected chi connectivity index (χ1v) is 9.66. The number of aromatic nitrogens is 3. The van der Waals surface area contributed by atoms with E-state index < -0.39 is 5.25 Å². The van der Waals surface area contributed by atoms with Gasteiger partial charge >= 0.3 is 0 Å². The van der Waals surface area contributed by atoms with E-state index in [0.717, 1.165) is 11.3 Å². The van der Waals surface area contributed by atoms with E-state index in [4.69, 9.17) is 5.73 Å². The number of carbonyl (C=O) groups is 2. The SMILES string of the molecule is Cn1c(CCC(N)=O)nnc1SC(C(=O)Nc1ccccc1)c1ccccc1. The van der Waals surface area contributed by atoms with Crippen LogP contribution in [-0.2, 0) is 23.1 Å². The van der Waals surface area contributed by atoms with E-state index in [1.807, 2.05) is 67.7 Å². The molecule has 144 valence electrons. The number of anilines is 1. The molecule has 0 bridgehead atoms. The zero-order chi connectivity index (χ0) is 19.9. The van der Waals surface area contributed by atoms with Crippen molar-refractivity contribution < 1.29 is 9.59 Å². The Labute approximate surface area is 167 Å². The van der Waals surface area contributed by atoms with Gasteiger partial charge in [0.05, 0.1) is 0 Å². The summed E-state index contributed by atoms with van der Waals surface area (Å²) in [6.07, 6.45) is 0.610. The lowest BCUT2D eigenvalue weighted by atomic mass is 10.1. The molecule has 0 saturated heterocycles. The maximum atomic E-state index is 13.0. The number of hydrogen-bond donors (Lipinski definition) is 2. The number of carbonyl (C=O) groups excluding carboxylic acids is 2. The highest BCUT2D eigenvalue weighted by molar-refractivity contribution is 8.00. The number of para-hydroxylation sites is 1. The normalized spacial score (nSPS) is 11.8. The number of primary amides is 1. The lowest BCUT2D eigenvalue weighted by Gasteiger charge is -2.16. The molecule has 3 aromatic rings. The molecule has 0 fully saturated rings. The summed E-state index contributed by atoms with van der Waals surface area (Å²) in [5.41, 5.74) is 6.81. The first-order chi connectivity index (χ1) is 13.5. The highest BCUT2D eigenvalue weighted by Crippen LogP contribution is 2.35. The van der Waals surface area contributed by atoms with Crippen molar-refractivity contribution in [1.29, 1.82) is 0 Å². The van der Waals surface area contributed by atoms with E-state index >= 15 is 0 Å². The summed E-state index contributed by atoms with van der Waals surface area (Å²) >= 11 is 1.31. The van der Waals surface area contributed by atoms with Gasteiger partial charge in [0.15, 0.2) is 5.16 Å². The maximum Gasteiger partial charge on any atom is 0.242 e. The molecule has 3 rings (SSSR count). The van der Waals surface area contributed by atoms with Crippen LogP contribution in [0.1, 0.15) is 23.1 Å². The molecule has 1 heterocycles. The number of hydrogen-bond acceptors (Lipinski definition) is 5. The van der Waals surface area contributed by atoms with E-state index in [1.165, 1.54) is 11.8 Å². The quantitative estimate of drug-likeness (QED) is 0.571. The fourth-order valence-corrected chi connectivity index (χ4v) is 3.66. The summed E-state index contributed by atoms with van der Waals surface area (Å²) in [7, 11) is 1.82. The minimum atomic E-state index is -0.506. The molecule has 0 aliphatic rings. The maximum absolute atomic E-state index is 13.0. The van der Waals surface area contributed by atoms with E-state index in [-0.39, 0.29) is 18.2 Å². The standard InChI is InChI=1S/C20H21N5O2S/c1-25-17(13-12-16(21)26)23-24-20(25)28-18(14-8-4-2-5-9-14)19(27)22-15-10-6-3-7-11-15/h2-11,18H,12-13H2,1H3,(H2,21,26)(H,22,27). The smallest absolute Gasteiger partial charge is 0.242 e. The Bertz CT molecular complexity index is 944. The van der Waals surface area contributed by atoms with Crippen molar-refractivity contribution in [3.05, 3.63) is 72.1 Å². The van der Waals surface area contributed by atoms with Gasteiger partial charge in [-0.2, -0.15) is 0 Å². The van der Waals surface area contributed by atoms with Crippen molar-refractivity contribution in [2.24, 2.45) is 12.8 Å². The molecule has 0 spiro atoms. The first kappa shape index (κ1) is 19.6. The third-order valence-electron chi connectivity index (χ3n) is 4.13. The highest BCUT2D eigenvalue weighted by Gasteiger charge is 2.25. The van der Waals surface area contributed by atoms with Gasteiger partial charge in [0.2, 0.25) is 11.8 Å². The van der Waals surface area contributed by atoms with Crippen molar-refractivity contribution in [3.8, 4) is 0 Å². The van der Waals surface area contributed by atoms with Gasteiger partial charge in [-0.25, -0.2) is 0 Å². The molecule has 0 radical (unpaired) electrons. The van der Waals surface area contributed by atoms with Crippen molar-refractivity contribution in [2.75, 3.05) is 5.32 Å². The molecule has 1 atom stereocenters. The average molecular weight is 395 g/mol. The Hall–Kier alpha value is -3.13. The Morgan fingerprint density at radius 2 is 1.71 bits per heavy atom. The van der Waals surface area contributed by atoms with Crippen LogP contribution in [0, 0.1) is 0 Å². The molecule has 1 unspecified atom stereocenters. The zero-order valence-electron chi connectivity index (χ0n) is 15.4. The van der Waals surface area contributed by atoms with Crippen LogP contribution in [-0.4, -0.2) is 26.6 Å². The van der Waals surface area contributed by atoms with Crippen molar-refractivity contribution in [1.82, 2.24) is 14.8 Å². The molecule has 7 nitrogen and oxygen atoms in total. The van der Waals surface area contributed by atoms with Gasteiger partial charge in [-0.3, -0.25) is 9.59 Å². The molecule has 8 heteroatoms. The largest absolute Gasteiger partial charge is 0.370 e. The molecule has 28 heavy (non-hydrogen) atoms. The topological polar surface area (TPSA) is 103 Å². The third kappa shape index (κ3) is 4.98. The van der Waals surface area contributed by atoms with Crippen molar-refractivity contribution in [2.45, 2.75) is 23.2 Å². The summed E-state index contributed by atoms with van der Waals surface area (Å²) in [5, 5.41) is 11.4. The van der Waals surface area contributed by atoms with Gasteiger partial charge in [-0.15, -0.1) is 10.2 Å². The Morgan fingerprint density at radius 1 is 1.07 bits per heavy atom. The lowest BCUT2D eigenvalue weighted by Crippen LogP contribution is -2.19. The minimum Gasteiger partial charge on any atom is -0.370 e. The number of nitrogens with one attached hydrogen (secondary N) is 1. The second-order valence-electron chi connectivity index (χ2n) is 6.19.